The molecule has 1 aliphatic heterocycles. The number of rotatable bonds is 6. The van der Waals surface area contributed by atoms with Crippen LogP contribution in [0.2, 0.25) is 0 Å². The number of fused-ring (bicyclic) bond motifs is 1. The van der Waals surface area contributed by atoms with Crippen molar-refractivity contribution in [2.75, 3.05) is 13.7 Å². The molecule has 8 nitrogen and oxygen atoms in total. The Morgan fingerprint density at radius 3 is 2.59 bits per heavy atom. The van der Waals surface area contributed by atoms with Gasteiger partial charge in [-0.15, -0.1) is 0 Å². The third kappa shape index (κ3) is 3.77. The number of hydrogen-bond acceptors (Lipinski definition) is 4. The van der Waals surface area contributed by atoms with Gasteiger partial charge in [0.2, 0.25) is 11.8 Å². The van der Waals surface area contributed by atoms with Crippen LogP contribution in [0.4, 0.5) is 4.79 Å². The molecule has 0 aliphatic carbocycles. The minimum absolute atomic E-state index is 0.170. The van der Waals surface area contributed by atoms with Crippen LogP contribution in [-0.4, -0.2) is 41.5 Å². The van der Waals surface area contributed by atoms with Gasteiger partial charge in [-0.05, 0) is 47.9 Å². The lowest BCUT2D eigenvalue weighted by Gasteiger charge is -2.14. The largest absolute Gasteiger partial charge is 0.497 e. The number of hydrazine groups is 1. The Bertz CT molecular complexity index is 1090. The van der Waals surface area contributed by atoms with Crippen LogP contribution in [0, 0.1) is 0 Å². The van der Waals surface area contributed by atoms with Gasteiger partial charge in [0.15, 0.2) is 0 Å². The second kappa shape index (κ2) is 7.67. The Morgan fingerprint density at radius 2 is 1.90 bits per heavy atom. The van der Waals surface area contributed by atoms with E-state index in [0.29, 0.717) is 6.42 Å². The number of aromatic amines is 1. The summed E-state index contributed by atoms with van der Waals surface area (Å²) in [5, 5.41) is 4.16. The fourth-order valence-corrected chi connectivity index (χ4v) is 3.44. The van der Waals surface area contributed by atoms with Crippen molar-refractivity contribution >= 4 is 28.7 Å². The summed E-state index contributed by atoms with van der Waals surface area (Å²) in [6.07, 6.45) is 0.642. The molecule has 2 aromatic carbocycles. The highest BCUT2D eigenvalue weighted by Crippen LogP contribution is 2.32. The third-order valence-corrected chi connectivity index (χ3v) is 4.85. The molecule has 3 N–H and O–H groups in total. The Morgan fingerprint density at radius 1 is 1.14 bits per heavy atom. The van der Waals surface area contributed by atoms with Crippen LogP contribution in [0.15, 0.2) is 48.5 Å². The van der Waals surface area contributed by atoms with E-state index in [0.717, 1.165) is 38.5 Å². The number of carbonyl (C=O) groups is 3. The van der Waals surface area contributed by atoms with E-state index < -0.39 is 11.9 Å². The maximum atomic E-state index is 12.3. The van der Waals surface area contributed by atoms with E-state index in [1.54, 1.807) is 7.11 Å². The first-order chi connectivity index (χ1) is 14.0. The van der Waals surface area contributed by atoms with Crippen molar-refractivity contribution in [3.05, 3.63) is 54.1 Å². The highest BCUT2D eigenvalue weighted by Gasteiger charge is 2.28. The molecule has 4 amide bonds. The Balaban J connectivity index is 1.56. The Kier molecular flexibility index (Phi) is 4.90. The number of H-pyrrole nitrogens is 1. The van der Waals surface area contributed by atoms with Crippen LogP contribution in [0.5, 0.6) is 5.75 Å². The minimum atomic E-state index is -0.616. The predicted octanol–water partition coefficient (Wildman–Crippen LogP) is 2.36. The molecule has 0 radical (unpaired) electrons. The number of methoxy groups -OCH3 is 1. The Hall–Kier alpha value is -3.81. The van der Waals surface area contributed by atoms with Crippen LogP contribution in [0.25, 0.3) is 22.2 Å². The van der Waals surface area contributed by atoms with Crippen molar-refractivity contribution in [1.82, 2.24) is 20.7 Å². The number of amides is 4. The summed E-state index contributed by atoms with van der Waals surface area (Å²) < 4.78 is 5.23. The second-order valence-corrected chi connectivity index (χ2v) is 6.73. The van der Waals surface area contributed by atoms with Gasteiger partial charge in [0.1, 0.15) is 12.3 Å². The second-order valence-electron chi connectivity index (χ2n) is 6.73. The number of aryl methyl sites for hydroxylation is 1. The van der Waals surface area contributed by atoms with Crippen LogP contribution in [0.3, 0.4) is 0 Å². The highest BCUT2D eigenvalue weighted by atomic mass is 16.5. The average Bonchev–Trinajstić information content (AvgIpc) is 3.25. The van der Waals surface area contributed by atoms with Gasteiger partial charge in [-0.2, -0.15) is 0 Å². The van der Waals surface area contributed by atoms with Gasteiger partial charge in [0.25, 0.3) is 0 Å². The monoisotopic (exact) mass is 392 g/mol. The van der Waals surface area contributed by atoms with E-state index in [4.69, 9.17) is 4.74 Å². The van der Waals surface area contributed by atoms with Gasteiger partial charge < -0.3 is 9.72 Å². The molecule has 1 aliphatic rings. The quantitative estimate of drug-likeness (QED) is 0.560. The molecular weight excluding hydrogens is 372 g/mol. The maximum Gasteiger partial charge on any atom is 0.343 e. The molecule has 148 valence electrons. The normalized spacial score (nSPS) is 13.6. The first kappa shape index (κ1) is 18.5. The van der Waals surface area contributed by atoms with Gasteiger partial charge in [-0.3, -0.25) is 20.3 Å². The molecule has 4 rings (SSSR count). The summed E-state index contributed by atoms with van der Waals surface area (Å²) in [5.74, 6) is -0.00115. The molecule has 0 bridgehead atoms. The van der Waals surface area contributed by atoms with Crippen molar-refractivity contribution < 1.29 is 19.1 Å². The SMILES string of the molecule is COc1ccc(-c2[nH]c3ccccc3c2CCC(=O)NN2CC(=O)NC2=O)cc1. The highest BCUT2D eigenvalue weighted by molar-refractivity contribution is 6.02. The maximum absolute atomic E-state index is 12.3. The van der Waals surface area contributed by atoms with E-state index >= 15 is 0 Å². The Labute approximate surface area is 166 Å². The molecule has 0 unspecified atom stereocenters. The average molecular weight is 392 g/mol. The molecule has 29 heavy (non-hydrogen) atoms. The molecule has 0 saturated carbocycles. The van der Waals surface area contributed by atoms with Crippen molar-refractivity contribution in [1.29, 1.82) is 0 Å². The van der Waals surface area contributed by atoms with E-state index in [1.165, 1.54) is 0 Å². The number of hydrogen-bond donors (Lipinski definition) is 3. The van der Waals surface area contributed by atoms with Crippen molar-refractivity contribution in [3.8, 4) is 17.0 Å². The summed E-state index contributed by atoms with van der Waals surface area (Å²) >= 11 is 0. The van der Waals surface area contributed by atoms with E-state index in [2.05, 4.69) is 15.7 Å². The fraction of sp³-hybridized carbons (Fsp3) is 0.190. The molecule has 1 aromatic heterocycles. The first-order valence-corrected chi connectivity index (χ1v) is 9.20. The minimum Gasteiger partial charge on any atom is -0.497 e. The van der Waals surface area contributed by atoms with Gasteiger partial charge in [-0.1, -0.05) is 18.2 Å². The number of ether oxygens (including phenoxy) is 1. The van der Waals surface area contributed by atoms with Crippen molar-refractivity contribution in [2.45, 2.75) is 12.8 Å². The zero-order valence-electron chi connectivity index (χ0n) is 15.8. The molecule has 1 fully saturated rings. The summed E-state index contributed by atoms with van der Waals surface area (Å²) in [6.45, 7) is -0.172. The van der Waals surface area contributed by atoms with Gasteiger partial charge >= 0.3 is 6.03 Å². The molecule has 0 atom stereocenters. The lowest BCUT2D eigenvalue weighted by atomic mass is 10.0. The van der Waals surface area contributed by atoms with Gasteiger partial charge in [0.05, 0.1) is 7.11 Å². The number of nitrogens with zero attached hydrogens (tertiary/aromatic N) is 1. The van der Waals surface area contributed by atoms with E-state index in [1.807, 2.05) is 48.5 Å². The van der Waals surface area contributed by atoms with E-state index in [-0.39, 0.29) is 18.9 Å². The lowest BCUT2D eigenvalue weighted by molar-refractivity contribution is -0.125. The number of benzene rings is 2. The predicted molar refractivity (Wildman–Crippen MR) is 107 cm³/mol. The zero-order valence-corrected chi connectivity index (χ0v) is 15.8. The molecule has 1 saturated heterocycles. The number of aromatic nitrogens is 1. The number of imide groups is 1. The van der Waals surface area contributed by atoms with Gasteiger partial charge in [-0.25, -0.2) is 9.80 Å². The first-order valence-electron chi connectivity index (χ1n) is 9.20. The van der Waals surface area contributed by atoms with Crippen molar-refractivity contribution in [2.24, 2.45) is 0 Å². The molecular formula is C21H20N4O4. The van der Waals surface area contributed by atoms with Gasteiger partial charge in [0, 0.05) is 23.0 Å². The molecule has 0 spiro atoms. The number of carbonyl (C=O) groups excluding carboxylic acids is 3. The summed E-state index contributed by atoms with van der Waals surface area (Å²) in [6, 6.07) is 15.0. The summed E-state index contributed by atoms with van der Waals surface area (Å²) in [7, 11) is 1.62. The van der Waals surface area contributed by atoms with Crippen LogP contribution in [-0.2, 0) is 16.0 Å². The summed E-state index contributed by atoms with van der Waals surface area (Å²) in [4.78, 5) is 38.6. The van der Waals surface area contributed by atoms with Crippen LogP contribution < -0.4 is 15.5 Å². The molecule has 3 aromatic rings. The number of nitrogens with one attached hydrogen (secondary N) is 3. The molecule has 8 heteroatoms. The number of para-hydroxylation sites is 1. The molecule has 2 heterocycles. The third-order valence-electron chi connectivity index (χ3n) is 4.85. The van der Waals surface area contributed by atoms with Crippen molar-refractivity contribution in [3.63, 3.8) is 0 Å². The number of urea groups is 1. The standard InChI is InChI=1S/C21H20N4O4/c1-29-14-8-6-13(7-9-14)20-16(15-4-2-3-5-17(15)22-20)10-11-18(26)24-25-12-19(27)23-21(25)28/h2-9,22H,10-12H2,1H3,(H,24,26)(H,23,27,28). The van der Waals surface area contributed by atoms with Crippen LogP contribution in [0.1, 0.15) is 12.0 Å². The lowest BCUT2D eigenvalue weighted by Crippen LogP contribution is -2.44. The van der Waals surface area contributed by atoms with Crippen LogP contribution >= 0.6 is 0 Å². The fourth-order valence-electron chi connectivity index (χ4n) is 3.44. The summed E-state index contributed by atoms with van der Waals surface area (Å²) in [5.41, 5.74) is 6.41. The smallest absolute Gasteiger partial charge is 0.343 e. The zero-order chi connectivity index (χ0) is 20.4. The topological polar surface area (TPSA) is 104 Å². The van der Waals surface area contributed by atoms with E-state index in [9.17, 15) is 14.4 Å².